The fraction of sp³-hybridized carbons (Fsp3) is 0.775. The van der Waals surface area contributed by atoms with Crippen LogP contribution in [-0.2, 0) is 90.8 Å². The number of carbonyl (C=O) groups is 13. The summed E-state index contributed by atoms with van der Waals surface area (Å²) in [6.45, 7) is 7.47. The molecule has 0 aromatic rings. The summed E-state index contributed by atoms with van der Waals surface area (Å²) in [6.07, 6.45) is -27.8. The number of nitrogens with one attached hydrogen (secondary N) is 8. The van der Waals surface area contributed by atoms with Crippen LogP contribution in [0.25, 0.3) is 0 Å². The van der Waals surface area contributed by atoms with Gasteiger partial charge in [-0.25, -0.2) is 4.79 Å². The Morgan fingerprint density at radius 2 is 1.21 bits per heavy atom. The van der Waals surface area contributed by atoms with Gasteiger partial charge in [0.25, 0.3) is 5.79 Å². The highest BCUT2D eigenvalue weighted by atomic mass is 16.8. The smallest absolute Gasteiger partial charge is 0.364 e. The van der Waals surface area contributed by atoms with E-state index in [1.807, 2.05) is 6.92 Å². The zero-order valence-electron chi connectivity index (χ0n) is 66.5. The Morgan fingerprint density at radius 3 is 1.76 bits per heavy atom. The molecule has 5 heterocycles. The predicted molar refractivity (Wildman–Crippen MR) is 399 cm³/mol. The van der Waals surface area contributed by atoms with Crippen LogP contribution in [0.1, 0.15) is 127 Å². The number of amides is 10. The third kappa shape index (κ3) is 26.5. The Bertz CT molecular complexity index is 3470. The van der Waals surface area contributed by atoms with Gasteiger partial charge in [0, 0.05) is 31.9 Å². The van der Waals surface area contributed by atoms with Crippen LogP contribution in [0.5, 0.6) is 0 Å². The van der Waals surface area contributed by atoms with Gasteiger partial charge >= 0.3 is 11.9 Å². The number of hydrogen-bond acceptors (Lipinski definition) is 34. The van der Waals surface area contributed by atoms with Crippen molar-refractivity contribution in [2.75, 3.05) is 46.1 Å². The van der Waals surface area contributed by atoms with E-state index in [0.29, 0.717) is 31.3 Å². The molecule has 5 rings (SSSR count). The molecule has 0 aliphatic carbocycles. The molecule has 664 valence electrons. The second-order valence-corrected chi connectivity index (χ2v) is 30.0. The molecule has 46 nitrogen and oxygen atoms in total. The number of carboxylic acids is 2. The quantitative estimate of drug-likeness (QED) is 0.0252. The van der Waals surface area contributed by atoms with Crippen LogP contribution < -0.4 is 59.7 Å². The predicted octanol–water partition coefficient (Wildman–Crippen LogP) is -11.5. The molecule has 5 aliphatic heterocycles. The number of unbranched alkanes of at least 4 members (excludes halogenated alkanes) is 1. The maximum atomic E-state index is 14.9. The van der Waals surface area contributed by atoms with Gasteiger partial charge in [-0.15, -0.1) is 0 Å². The van der Waals surface area contributed by atoms with E-state index in [0.717, 1.165) is 25.7 Å². The summed E-state index contributed by atoms with van der Waals surface area (Å²) in [5.74, 6) is -18.5. The minimum absolute atomic E-state index is 0.0344. The summed E-state index contributed by atoms with van der Waals surface area (Å²) in [5.41, 5.74) is 19.3. The molecule has 0 aromatic carbocycles. The lowest BCUT2D eigenvalue weighted by molar-refractivity contribution is -0.380. The van der Waals surface area contributed by atoms with E-state index in [2.05, 4.69) is 47.5 Å². The fourth-order valence-corrected chi connectivity index (χ4v) is 13.9. The molecule has 0 spiro atoms. The first kappa shape index (κ1) is 99.5. The number of Topliss-reactive ketones (excluding diaryl/α,β-unsaturated/α-hetero) is 1. The molecule has 0 aromatic heterocycles. The zero-order valence-corrected chi connectivity index (χ0v) is 66.5. The lowest BCUT2D eigenvalue weighted by atomic mass is 9.88. The number of ether oxygens (including phenoxy) is 6. The minimum Gasteiger partial charge on any atom is -0.481 e. The van der Waals surface area contributed by atoms with Gasteiger partial charge in [0.2, 0.25) is 59.1 Å². The Labute approximate surface area is 673 Å². The maximum Gasteiger partial charge on any atom is 0.364 e. The average Bonchev–Trinajstić information content (AvgIpc) is 1.31. The van der Waals surface area contributed by atoms with Crippen molar-refractivity contribution in [2.24, 2.45) is 28.1 Å². The Balaban J connectivity index is 1.40. The molecule has 5 aliphatic rings. The topological polar surface area (TPSA) is 733 Å². The molecule has 5 saturated heterocycles. The molecule has 46 heteroatoms. The number of aliphatic hydroxyl groups excluding tert-OH is 11. The molecule has 0 saturated carbocycles. The van der Waals surface area contributed by atoms with Crippen LogP contribution >= 0.6 is 0 Å². The van der Waals surface area contributed by atoms with E-state index in [1.54, 1.807) is 13.8 Å². The van der Waals surface area contributed by atoms with Crippen molar-refractivity contribution in [2.45, 2.75) is 297 Å². The third-order valence-electron chi connectivity index (χ3n) is 20.5. The Hall–Kier alpha value is -8.08. The Kier molecular flexibility index (Phi) is 39.0. The van der Waals surface area contributed by atoms with E-state index in [-0.39, 0.29) is 44.6 Å². The number of nitrogens with two attached hydrogens (primary N) is 3. The number of carboxylic acid groups (broad SMARTS) is 2. The van der Waals surface area contributed by atoms with Gasteiger partial charge in [-0.2, -0.15) is 0 Å². The van der Waals surface area contributed by atoms with Crippen molar-refractivity contribution in [1.29, 1.82) is 0 Å². The molecule has 0 bridgehead atoms. The second kappa shape index (κ2) is 45.9. The van der Waals surface area contributed by atoms with Gasteiger partial charge in [0.1, 0.15) is 109 Å². The van der Waals surface area contributed by atoms with Crippen molar-refractivity contribution >= 4 is 83.0 Å². The van der Waals surface area contributed by atoms with E-state index in [9.17, 15) is 129 Å². The number of aliphatic carboxylic acids is 2. The molecular formula is C71H118N14O32. The van der Waals surface area contributed by atoms with Gasteiger partial charge in [0.15, 0.2) is 18.4 Å². The normalized spacial score (nSPS) is 29.4. The first-order valence-corrected chi connectivity index (χ1v) is 38.5. The third-order valence-corrected chi connectivity index (χ3v) is 20.5. The fourth-order valence-electron chi connectivity index (χ4n) is 13.9. The van der Waals surface area contributed by atoms with E-state index < -0.39 is 293 Å². The van der Waals surface area contributed by atoms with Crippen LogP contribution in [0.4, 0.5) is 0 Å². The van der Waals surface area contributed by atoms with E-state index in [1.165, 1.54) is 38.1 Å². The van der Waals surface area contributed by atoms with Crippen LogP contribution in [0.2, 0.25) is 0 Å². The number of likely N-dealkylation sites (tertiary alicyclic amines) is 2. The number of nitrogens with zero attached hydrogens (tertiary/aromatic N) is 3. The second-order valence-electron chi connectivity index (χ2n) is 30.0. The molecule has 7 unspecified atom stereocenters. The highest BCUT2D eigenvalue weighted by Gasteiger charge is 2.60. The molecule has 117 heavy (non-hydrogen) atoms. The van der Waals surface area contributed by atoms with Crippen LogP contribution in [-0.4, -0.2) is 375 Å². The van der Waals surface area contributed by atoms with Crippen molar-refractivity contribution in [1.82, 2.24) is 52.3 Å². The van der Waals surface area contributed by atoms with Gasteiger partial charge in [-0.05, 0) is 86.0 Å². The van der Waals surface area contributed by atoms with Crippen molar-refractivity contribution in [3.63, 3.8) is 0 Å². The van der Waals surface area contributed by atoms with Gasteiger partial charge < -0.3 is 164 Å². The summed E-state index contributed by atoms with van der Waals surface area (Å²) >= 11 is 0. The first-order valence-electron chi connectivity index (χ1n) is 38.5. The molecule has 0 radical (unpaired) electrons. The van der Waals surface area contributed by atoms with Crippen molar-refractivity contribution in [3.8, 4) is 0 Å². The minimum atomic E-state index is -3.17. The Morgan fingerprint density at radius 1 is 0.641 bits per heavy atom. The molecule has 27 N–H and O–H groups in total. The standard InChI is InChI=1S/C71H118N14O32/c1-10-12-15-36(67(109)84-18-13-16-39(84)32(7)90)78-64(106)50(33(8)91)82-60(102)37(21-46(95)96)79-62(104)40-17-14-19-85(40)66(108)31(6)77-61(103)38(25-86)80-65(107)51(83-63(105)49(29(3)4)81-45(94)24-76-59(101)35(72)20-30(5)23-75-11-2)34(9)112-68-48(74)56(53(98)43(27-88)113-68)115-69-55(100)58(54(99)44(28-89)114-69)117-71(70(110)111)22-41(92)47(73)57(116-71)52(97)42(93)26-87/h11,23,29,31,33-44,47-58,68-69,86-89,91-93,97-100H,10,12-22,24-28,72-74H2,1-9H3,(H,76,101)(H,77,103)(H,78,106)(H,79,104)(H,80,107)(H,81,94)(H,82,102)(H,83,105)(H,95,96)(H,110,111)/b30-23+,75-11-/t31-,33?,34?,35-,36-,37-,38-,39-,40-,41+,42+,43?,44?,47+,48?,49-,50-,51-,52+,53-,54-,55-,56+,57?,58?,68-,69-,71-/m0/s1. The summed E-state index contributed by atoms with van der Waals surface area (Å²) in [4.78, 5) is 184. The van der Waals surface area contributed by atoms with E-state index in [4.69, 9.17) is 45.6 Å². The monoisotopic (exact) mass is 1680 g/mol. The van der Waals surface area contributed by atoms with Crippen LogP contribution in [0.15, 0.2) is 16.8 Å². The molecular weight excluding hydrogens is 1560 g/mol. The molecule has 28 atom stereocenters. The number of rotatable bonds is 43. The van der Waals surface area contributed by atoms with Gasteiger partial charge in [0.05, 0.1) is 81.9 Å². The SMILES string of the molecule is C/C=N\C=C(/C)C[C@H](N)C(=O)NCC(=O)N[C@H](C(=O)N[C@H](C(=O)N[C@@H](CO)C(=O)N[C@@H](C)C(=O)N1CCC[C@H]1C(=O)N[C@@H](CC(=O)O)C(=O)N[C@H](C(=O)N[C@@H](CCCC)C(=O)N1CCC[C@H]1C(C)=O)C(C)O)C(C)O[C@H]1OC(CO)[C@H](O)[C@H](O[C@@H]2OC(CO)[C@H](O)C(O[C@]3(C(=O)O)C[C@@H](O)[C@@H](N)C([C@H](O)[C@H](O)CO)O3)[C@@H]2O)C1N)C(C)C. The highest BCUT2D eigenvalue weighted by molar-refractivity contribution is 6.00. The number of hydrogen-bond donors (Lipinski definition) is 24. The van der Waals surface area contributed by atoms with Gasteiger partial charge in [-0.1, -0.05) is 39.2 Å². The number of aliphatic hydroxyl groups is 11. The first-order chi connectivity index (χ1) is 55.0. The van der Waals surface area contributed by atoms with Gasteiger partial charge in [-0.3, -0.25) is 62.5 Å². The number of ketones is 1. The van der Waals surface area contributed by atoms with E-state index >= 15 is 0 Å². The number of carbonyl (C=O) groups excluding carboxylic acids is 11. The molecule has 5 fully saturated rings. The molecule has 10 amide bonds. The summed E-state index contributed by atoms with van der Waals surface area (Å²) < 4.78 is 34.9. The highest BCUT2D eigenvalue weighted by Crippen LogP contribution is 2.38. The van der Waals surface area contributed by atoms with Crippen LogP contribution in [0, 0.1) is 5.92 Å². The lowest BCUT2D eigenvalue weighted by Crippen LogP contribution is -2.70. The summed E-state index contributed by atoms with van der Waals surface area (Å²) in [7, 11) is 0. The largest absolute Gasteiger partial charge is 0.481 e. The zero-order chi connectivity index (χ0) is 87.9. The summed E-state index contributed by atoms with van der Waals surface area (Å²) in [5, 5.41) is 158. The maximum absolute atomic E-state index is 14.9. The number of aliphatic imine (C=N–C) groups is 1. The van der Waals surface area contributed by atoms with Crippen molar-refractivity contribution in [3.05, 3.63) is 11.8 Å². The van der Waals surface area contributed by atoms with Crippen LogP contribution in [0.3, 0.4) is 0 Å². The summed E-state index contributed by atoms with van der Waals surface area (Å²) in [6, 6.07) is -19.4. The average molecular weight is 1680 g/mol. The lowest BCUT2D eigenvalue weighted by Gasteiger charge is -2.50. The van der Waals surface area contributed by atoms with Crippen molar-refractivity contribution < 1.29 is 157 Å².